The van der Waals surface area contributed by atoms with Crippen LogP contribution < -0.4 is 16.7 Å². The molecule has 4 aromatic heterocycles. The van der Waals surface area contributed by atoms with Crippen LogP contribution in [0.25, 0.3) is 33.2 Å². The fourth-order valence-corrected chi connectivity index (χ4v) is 11.5. The van der Waals surface area contributed by atoms with E-state index >= 15 is 4.39 Å². The molecule has 6 aromatic rings. The first-order chi connectivity index (χ1) is 32.8. The predicted octanol–water partition coefficient (Wildman–Crippen LogP) is 5.99. The average molecular weight is 924 g/mol. The Labute approximate surface area is 395 Å². The zero-order chi connectivity index (χ0) is 47.4. The number of nitrogens with one attached hydrogen (secondary N) is 1. The topological polar surface area (TPSA) is 160 Å². The average Bonchev–Trinajstić information content (AvgIpc) is 3.81. The Morgan fingerprint density at radius 3 is 2.34 bits per heavy atom. The van der Waals surface area contributed by atoms with Crippen molar-refractivity contribution in [3.63, 3.8) is 0 Å². The molecular weight excluding hydrogens is 862 g/mol. The van der Waals surface area contributed by atoms with Crippen molar-refractivity contribution in [2.24, 2.45) is 20.0 Å². The van der Waals surface area contributed by atoms with Gasteiger partial charge in [-0.25, -0.2) is 19.2 Å². The number of piperidine rings is 3. The number of nitrogens with zero attached hydrogens (tertiary/aromatic N) is 9. The lowest BCUT2D eigenvalue weighted by Gasteiger charge is -2.42. The maximum absolute atomic E-state index is 15.7. The second-order valence-corrected chi connectivity index (χ2v) is 19.7. The molecule has 2 aromatic carbocycles. The van der Waals surface area contributed by atoms with Crippen LogP contribution in [0.4, 0.5) is 10.2 Å². The minimum absolute atomic E-state index is 0.110. The third-order valence-electron chi connectivity index (χ3n) is 15.6. The number of amides is 3. The van der Waals surface area contributed by atoms with Crippen molar-refractivity contribution in [1.82, 2.24) is 48.6 Å². The number of piperazine rings is 1. The number of benzene rings is 2. The van der Waals surface area contributed by atoms with Crippen LogP contribution in [0.15, 0.2) is 77.9 Å². The molecule has 0 radical (unpaired) electrons. The molecule has 4 aliphatic heterocycles. The number of anilines is 1. The van der Waals surface area contributed by atoms with Crippen molar-refractivity contribution >= 4 is 45.6 Å². The summed E-state index contributed by atoms with van der Waals surface area (Å²) in [7, 11) is 3.73. The molecule has 3 amide bonds. The zero-order valence-corrected chi connectivity index (χ0v) is 39.5. The van der Waals surface area contributed by atoms with Gasteiger partial charge in [0.1, 0.15) is 23.3 Å². The number of hydrogen-bond donors (Lipinski definition) is 2. The number of nitrogen functional groups attached to an aromatic ring is 1. The van der Waals surface area contributed by atoms with E-state index < -0.39 is 23.5 Å². The Kier molecular flexibility index (Phi) is 12.5. The smallest absolute Gasteiger partial charge is 0.329 e. The lowest BCUT2D eigenvalue weighted by molar-refractivity contribution is -0.135. The van der Waals surface area contributed by atoms with Crippen LogP contribution in [-0.4, -0.2) is 119 Å². The normalized spacial score (nSPS) is 21.2. The van der Waals surface area contributed by atoms with Gasteiger partial charge in [0.15, 0.2) is 0 Å². The van der Waals surface area contributed by atoms with Crippen molar-refractivity contribution in [3.05, 3.63) is 112 Å². The second kappa shape index (κ2) is 18.7. The number of hydrogen-bond acceptors (Lipinski definition) is 10. The number of halogens is 1. The van der Waals surface area contributed by atoms with E-state index in [9.17, 15) is 19.2 Å². The largest absolute Gasteiger partial charge is 0.384 e. The van der Waals surface area contributed by atoms with Crippen LogP contribution in [0.1, 0.15) is 97.6 Å². The number of likely N-dealkylation sites (tertiary alicyclic amines) is 2. The summed E-state index contributed by atoms with van der Waals surface area (Å²) in [5, 5.41) is 3.42. The lowest BCUT2D eigenvalue weighted by Crippen LogP contribution is -2.53. The molecule has 68 heavy (non-hydrogen) atoms. The van der Waals surface area contributed by atoms with Gasteiger partial charge >= 0.3 is 5.69 Å². The van der Waals surface area contributed by atoms with Crippen molar-refractivity contribution in [3.8, 4) is 11.1 Å². The quantitative estimate of drug-likeness (QED) is 0.157. The van der Waals surface area contributed by atoms with Crippen LogP contribution in [-0.2, 0) is 30.2 Å². The van der Waals surface area contributed by atoms with Gasteiger partial charge in [0, 0.05) is 125 Å². The number of fused-ring (bicyclic) bond motifs is 2. The number of aryl methyl sites for hydroxylation is 2. The Hall–Kier alpha value is -6.23. The minimum atomic E-state index is -0.859. The number of aromatic nitrogens is 5. The minimum Gasteiger partial charge on any atom is -0.384 e. The maximum atomic E-state index is 15.7. The predicted molar refractivity (Wildman–Crippen MR) is 260 cm³/mol. The van der Waals surface area contributed by atoms with Crippen LogP contribution in [0, 0.1) is 11.7 Å². The highest BCUT2D eigenvalue weighted by molar-refractivity contribution is 6.00. The first kappa shape index (κ1) is 45.5. The van der Waals surface area contributed by atoms with Gasteiger partial charge in [0.25, 0.3) is 5.91 Å². The van der Waals surface area contributed by atoms with Crippen molar-refractivity contribution in [1.29, 1.82) is 0 Å². The number of imide groups is 1. The molecule has 356 valence electrons. The van der Waals surface area contributed by atoms with Crippen molar-refractivity contribution in [2.45, 2.75) is 83.0 Å². The highest BCUT2D eigenvalue weighted by atomic mass is 19.1. The molecule has 0 spiro atoms. The number of nitrogens with two attached hydrogens (primary N) is 1. The van der Waals surface area contributed by atoms with E-state index in [0.717, 1.165) is 106 Å². The lowest BCUT2D eigenvalue weighted by atomic mass is 9.88. The first-order valence-corrected chi connectivity index (χ1v) is 24.3. The molecule has 0 bridgehead atoms. The van der Waals surface area contributed by atoms with Crippen LogP contribution >= 0.6 is 0 Å². The Balaban J connectivity index is 0.686. The Morgan fingerprint density at radius 1 is 0.868 bits per heavy atom. The van der Waals surface area contributed by atoms with E-state index in [-0.39, 0.29) is 36.7 Å². The molecule has 4 saturated heterocycles. The third-order valence-corrected chi connectivity index (χ3v) is 15.6. The van der Waals surface area contributed by atoms with Crippen molar-refractivity contribution < 1.29 is 18.8 Å². The van der Waals surface area contributed by atoms with Gasteiger partial charge < -0.3 is 15.2 Å². The second-order valence-electron chi connectivity index (χ2n) is 19.7. The summed E-state index contributed by atoms with van der Waals surface area (Å²) in [4.78, 5) is 69.8. The van der Waals surface area contributed by atoms with E-state index in [2.05, 4.69) is 68.7 Å². The standard InChI is InChI=1S/C52H62FN11O4/c1-32-29-60(31-39-25-45-46(27-42(39)53)64(52(68)59(45)4)43-10-12-48(65)57-50(43)66)23-24-63(32)30-34-14-19-62(20-15-34)51(67)37-7-5-35(6-8-37)36-16-21-61(22-17-36)33(2)44-26-41-40(13-18-55-49(41)58(44)3)38-9-11-47(54)56-28-38/h5-9,11,13,18,25-28,32-34,36,43H,10,12,14-17,19-24,29-31H2,1-4H3,(H2,54,56)(H,57,65,66)/t32-,33-,43+/m0/s1. The molecule has 3 N–H and O–H groups in total. The van der Waals surface area contributed by atoms with E-state index in [1.54, 1.807) is 13.1 Å². The van der Waals surface area contributed by atoms with Gasteiger partial charge in [0.2, 0.25) is 11.8 Å². The Morgan fingerprint density at radius 2 is 1.63 bits per heavy atom. The van der Waals surface area contributed by atoms with Gasteiger partial charge in [-0.1, -0.05) is 12.1 Å². The summed E-state index contributed by atoms with van der Waals surface area (Å²) in [6.07, 6.45) is 8.07. The molecular formula is C52H62FN11O4. The van der Waals surface area contributed by atoms with E-state index in [1.807, 2.05) is 47.6 Å². The van der Waals surface area contributed by atoms with Crippen molar-refractivity contribution in [2.75, 3.05) is 58.1 Å². The molecule has 8 heterocycles. The first-order valence-electron chi connectivity index (χ1n) is 24.3. The van der Waals surface area contributed by atoms with Gasteiger partial charge in [-0.3, -0.25) is 43.5 Å². The molecule has 4 aliphatic rings. The fraction of sp³-hybridized carbons (Fsp3) is 0.462. The molecule has 4 fully saturated rings. The monoisotopic (exact) mass is 923 g/mol. The maximum Gasteiger partial charge on any atom is 0.329 e. The van der Waals surface area contributed by atoms with Crippen LogP contribution in [0.3, 0.4) is 0 Å². The van der Waals surface area contributed by atoms with Gasteiger partial charge in [-0.15, -0.1) is 0 Å². The molecule has 16 heteroatoms. The summed E-state index contributed by atoms with van der Waals surface area (Å²) in [6.45, 7) is 11.8. The van der Waals surface area contributed by atoms with E-state index in [1.165, 1.54) is 26.5 Å². The zero-order valence-electron chi connectivity index (χ0n) is 39.5. The number of carbonyl (C=O) groups excluding carboxylic acids is 3. The number of imidazole rings is 1. The summed E-state index contributed by atoms with van der Waals surface area (Å²) in [6, 6.07) is 19.3. The fourth-order valence-electron chi connectivity index (χ4n) is 11.5. The summed E-state index contributed by atoms with van der Waals surface area (Å²) in [5.41, 5.74) is 13.3. The SMILES string of the molecule is C[C@H]1CN(Cc2cc3c(cc2F)n([C@@H]2CCC(=O)NC2=O)c(=O)n3C)CCN1CC1CCN(C(=O)c2ccc(C3CCN([C@@H](C)c4cc5c(-c6ccc(N)nc6)ccnc5n4C)CC3)cc2)CC1. The number of rotatable bonds is 10. The molecule has 10 rings (SSSR count). The van der Waals surface area contributed by atoms with E-state index in [4.69, 9.17) is 10.7 Å². The number of carbonyl (C=O) groups is 3. The van der Waals surface area contributed by atoms with Gasteiger partial charge in [-0.2, -0.15) is 0 Å². The molecule has 0 unspecified atom stereocenters. The third kappa shape index (κ3) is 8.73. The van der Waals surface area contributed by atoms with Crippen LogP contribution in [0.2, 0.25) is 0 Å². The summed E-state index contributed by atoms with van der Waals surface area (Å²) < 4.78 is 20.7. The van der Waals surface area contributed by atoms with Crippen LogP contribution in [0.5, 0.6) is 0 Å². The summed E-state index contributed by atoms with van der Waals surface area (Å²) in [5.74, 6) is 0.245. The summed E-state index contributed by atoms with van der Waals surface area (Å²) >= 11 is 0. The van der Waals surface area contributed by atoms with Gasteiger partial charge in [-0.05, 0) is 124 Å². The highest BCUT2D eigenvalue weighted by Crippen LogP contribution is 2.37. The Bertz CT molecular complexity index is 2930. The molecule has 15 nitrogen and oxygen atoms in total. The molecule has 3 atom stereocenters. The highest BCUT2D eigenvalue weighted by Gasteiger charge is 2.34. The van der Waals surface area contributed by atoms with E-state index in [0.29, 0.717) is 40.8 Å². The van der Waals surface area contributed by atoms with Gasteiger partial charge in [0.05, 0.1) is 11.0 Å². The molecule has 0 saturated carbocycles. The molecule has 0 aliphatic carbocycles. The number of pyridine rings is 2.